The molecular weight excluding hydrogens is 291 g/mol. The summed E-state index contributed by atoms with van der Waals surface area (Å²) in [6, 6.07) is 2.99. The van der Waals surface area contributed by atoms with Crippen molar-refractivity contribution in [3.8, 4) is 0 Å². The highest BCUT2D eigenvalue weighted by Gasteiger charge is 2.28. The molecule has 0 aliphatic carbocycles. The standard InChI is InChI=1S/C12H16Cl2N2O3/c1-12(6-17,7-18)5-16(2)11(19)10-8(13)3-4-9(14)15-10/h3-4,17-18H,5-7H2,1-2H3. The molecule has 0 spiro atoms. The molecule has 0 radical (unpaired) electrons. The fourth-order valence-corrected chi connectivity index (χ4v) is 1.88. The van der Waals surface area contributed by atoms with E-state index in [-0.39, 0.29) is 35.6 Å². The van der Waals surface area contributed by atoms with Gasteiger partial charge in [0.25, 0.3) is 5.91 Å². The summed E-state index contributed by atoms with van der Waals surface area (Å²) in [6.07, 6.45) is 0. The number of aliphatic hydroxyl groups is 2. The molecule has 1 heterocycles. The molecule has 7 heteroatoms. The Labute approximate surface area is 121 Å². The normalized spacial score (nSPS) is 11.5. The summed E-state index contributed by atoms with van der Waals surface area (Å²) >= 11 is 11.6. The zero-order chi connectivity index (χ0) is 14.6. The molecule has 0 saturated carbocycles. The number of amides is 1. The molecule has 19 heavy (non-hydrogen) atoms. The monoisotopic (exact) mass is 306 g/mol. The van der Waals surface area contributed by atoms with E-state index in [0.29, 0.717) is 0 Å². The molecule has 0 bridgehead atoms. The van der Waals surface area contributed by atoms with Crippen molar-refractivity contribution < 1.29 is 15.0 Å². The second-order valence-corrected chi connectivity index (χ2v) is 5.55. The predicted octanol–water partition coefficient (Wildman–Crippen LogP) is 1.45. The highest BCUT2D eigenvalue weighted by molar-refractivity contribution is 6.34. The van der Waals surface area contributed by atoms with E-state index in [1.54, 1.807) is 14.0 Å². The Morgan fingerprint density at radius 1 is 1.37 bits per heavy atom. The topological polar surface area (TPSA) is 73.7 Å². The Bertz CT molecular complexity index is 464. The van der Waals surface area contributed by atoms with Gasteiger partial charge in [0, 0.05) is 19.0 Å². The number of halogens is 2. The zero-order valence-electron chi connectivity index (χ0n) is 10.7. The van der Waals surface area contributed by atoms with Gasteiger partial charge in [-0.1, -0.05) is 30.1 Å². The number of aromatic nitrogens is 1. The van der Waals surface area contributed by atoms with Crippen LogP contribution in [0.4, 0.5) is 0 Å². The van der Waals surface area contributed by atoms with Crippen LogP contribution in [0.25, 0.3) is 0 Å². The number of pyridine rings is 1. The number of nitrogens with zero attached hydrogens (tertiary/aromatic N) is 2. The van der Waals surface area contributed by atoms with Crippen LogP contribution < -0.4 is 0 Å². The first kappa shape index (κ1) is 16.2. The van der Waals surface area contributed by atoms with Crippen molar-refractivity contribution in [2.45, 2.75) is 6.92 Å². The molecule has 106 valence electrons. The average molecular weight is 307 g/mol. The van der Waals surface area contributed by atoms with E-state index in [9.17, 15) is 15.0 Å². The maximum Gasteiger partial charge on any atom is 0.273 e. The number of aliphatic hydroxyl groups excluding tert-OH is 2. The molecule has 5 nitrogen and oxygen atoms in total. The first-order valence-electron chi connectivity index (χ1n) is 5.62. The molecule has 0 aliphatic heterocycles. The third-order valence-electron chi connectivity index (χ3n) is 2.74. The van der Waals surface area contributed by atoms with Gasteiger partial charge in [-0.15, -0.1) is 0 Å². The van der Waals surface area contributed by atoms with Crippen LogP contribution in [0.1, 0.15) is 17.4 Å². The Balaban J connectivity index is 2.91. The van der Waals surface area contributed by atoms with Gasteiger partial charge in [-0.3, -0.25) is 4.79 Å². The molecule has 0 aliphatic rings. The molecular formula is C12H16Cl2N2O3. The van der Waals surface area contributed by atoms with Crippen LogP contribution in [-0.4, -0.2) is 52.8 Å². The molecule has 0 fully saturated rings. The lowest BCUT2D eigenvalue weighted by atomic mass is 9.92. The van der Waals surface area contributed by atoms with Crippen LogP contribution in [0.5, 0.6) is 0 Å². The highest BCUT2D eigenvalue weighted by atomic mass is 35.5. The van der Waals surface area contributed by atoms with Crippen molar-refractivity contribution in [1.29, 1.82) is 0 Å². The number of rotatable bonds is 5. The number of carbonyl (C=O) groups is 1. The minimum atomic E-state index is -0.782. The highest BCUT2D eigenvalue weighted by Crippen LogP contribution is 2.21. The first-order valence-corrected chi connectivity index (χ1v) is 6.38. The molecule has 1 aromatic heterocycles. The summed E-state index contributed by atoms with van der Waals surface area (Å²) in [6.45, 7) is 1.36. The lowest BCUT2D eigenvalue weighted by Crippen LogP contribution is -2.42. The van der Waals surface area contributed by atoms with Crippen molar-refractivity contribution in [2.24, 2.45) is 5.41 Å². The Kier molecular flexibility index (Phi) is 5.55. The smallest absolute Gasteiger partial charge is 0.273 e. The van der Waals surface area contributed by atoms with Gasteiger partial charge in [-0.25, -0.2) is 4.98 Å². The number of hydrogen-bond donors (Lipinski definition) is 2. The Morgan fingerprint density at radius 3 is 2.47 bits per heavy atom. The van der Waals surface area contributed by atoms with Gasteiger partial charge in [0.05, 0.1) is 18.2 Å². The first-order chi connectivity index (χ1) is 8.83. The van der Waals surface area contributed by atoms with Crippen molar-refractivity contribution in [2.75, 3.05) is 26.8 Å². The van der Waals surface area contributed by atoms with E-state index in [0.717, 1.165) is 0 Å². The zero-order valence-corrected chi connectivity index (χ0v) is 12.2. The second-order valence-electron chi connectivity index (χ2n) is 4.75. The summed E-state index contributed by atoms with van der Waals surface area (Å²) in [5, 5.41) is 18.8. The fourth-order valence-electron chi connectivity index (χ4n) is 1.54. The maximum atomic E-state index is 12.2. The lowest BCUT2D eigenvalue weighted by Gasteiger charge is -2.30. The molecule has 0 saturated heterocycles. The summed E-state index contributed by atoms with van der Waals surface area (Å²) < 4.78 is 0. The molecule has 0 unspecified atom stereocenters. The van der Waals surface area contributed by atoms with Gasteiger partial charge in [-0.05, 0) is 12.1 Å². The van der Waals surface area contributed by atoms with E-state index in [4.69, 9.17) is 23.2 Å². The summed E-state index contributed by atoms with van der Waals surface area (Å²) in [5.41, 5.74) is -0.731. The average Bonchev–Trinajstić information content (AvgIpc) is 2.40. The van der Waals surface area contributed by atoms with Gasteiger partial charge in [0.1, 0.15) is 10.8 Å². The third kappa shape index (κ3) is 4.04. The van der Waals surface area contributed by atoms with Crippen molar-refractivity contribution in [1.82, 2.24) is 9.88 Å². The van der Waals surface area contributed by atoms with Crippen LogP contribution >= 0.6 is 23.2 Å². The van der Waals surface area contributed by atoms with Crippen molar-refractivity contribution in [3.05, 3.63) is 28.0 Å². The van der Waals surface area contributed by atoms with Gasteiger partial charge in [0.2, 0.25) is 0 Å². The SMILES string of the molecule is CN(CC(C)(CO)CO)C(=O)c1nc(Cl)ccc1Cl. The van der Waals surface area contributed by atoms with Gasteiger partial charge >= 0.3 is 0 Å². The quantitative estimate of drug-likeness (QED) is 0.808. The van der Waals surface area contributed by atoms with Crippen molar-refractivity contribution >= 4 is 29.1 Å². The van der Waals surface area contributed by atoms with Gasteiger partial charge < -0.3 is 15.1 Å². The molecule has 1 aromatic rings. The van der Waals surface area contributed by atoms with Gasteiger partial charge in [-0.2, -0.15) is 0 Å². The molecule has 1 amide bonds. The van der Waals surface area contributed by atoms with E-state index in [1.165, 1.54) is 17.0 Å². The van der Waals surface area contributed by atoms with E-state index < -0.39 is 11.3 Å². The summed E-state index contributed by atoms with van der Waals surface area (Å²) in [5.74, 6) is -0.416. The van der Waals surface area contributed by atoms with Crippen LogP contribution in [-0.2, 0) is 0 Å². The van der Waals surface area contributed by atoms with Gasteiger partial charge in [0.15, 0.2) is 0 Å². The van der Waals surface area contributed by atoms with E-state index >= 15 is 0 Å². The molecule has 1 rings (SSSR count). The number of hydrogen-bond acceptors (Lipinski definition) is 4. The summed E-state index contributed by atoms with van der Waals surface area (Å²) in [4.78, 5) is 17.4. The molecule has 2 N–H and O–H groups in total. The van der Waals surface area contributed by atoms with Crippen LogP contribution in [0.15, 0.2) is 12.1 Å². The van der Waals surface area contributed by atoms with Crippen LogP contribution in [0.2, 0.25) is 10.2 Å². The second kappa shape index (κ2) is 6.52. The van der Waals surface area contributed by atoms with E-state index in [2.05, 4.69) is 4.98 Å². The van der Waals surface area contributed by atoms with Crippen LogP contribution in [0, 0.1) is 5.41 Å². The fraction of sp³-hybridized carbons (Fsp3) is 0.500. The van der Waals surface area contributed by atoms with E-state index in [1.807, 2.05) is 0 Å². The molecule has 0 atom stereocenters. The number of carbonyl (C=O) groups excluding carboxylic acids is 1. The Hall–Kier alpha value is -0.880. The Morgan fingerprint density at radius 2 is 1.95 bits per heavy atom. The van der Waals surface area contributed by atoms with Crippen LogP contribution in [0.3, 0.4) is 0 Å². The minimum absolute atomic E-state index is 0.0508. The molecule has 0 aromatic carbocycles. The predicted molar refractivity (Wildman–Crippen MR) is 73.5 cm³/mol. The van der Waals surface area contributed by atoms with Crippen molar-refractivity contribution in [3.63, 3.8) is 0 Å². The largest absolute Gasteiger partial charge is 0.396 e. The third-order valence-corrected chi connectivity index (χ3v) is 3.26. The maximum absolute atomic E-state index is 12.2. The minimum Gasteiger partial charge on any atom is -0.396 e. The lowest BCUT2D eigenvalue weighted by molar-refractivity contribution is 0.0363. The summed E-state index contributed by atoms with van der Waals surface area (Å²) in [7, 11) is 1.55.